The highest BCUT2D eigenvalue weighted by Crippen LogP contribution is 2.39. The maximum absolute atomic E-state index is 12.0. The standard InChI is InChI=1S/C17H13BrO2/c18-14-8-4-5-12(11-14)9-10-15(19)17-16(20-17)13-6-2-1-3-7-13/h1-11,16-17H. The van der Waals surface area contributed by atoms with Gasteiger partial charge in [0.2, 0.25) is 0 Å². The second-order valence-electron chi connectivity index (χ2n) is 4.68. The summed E-state index contributed by atoms with van der Waals surface area (Å²) in [5.74, 6) is 0.0128. The molecular weight excluding hydrogens is 316 g/mol. The Labute approximate surface area is 126 Å². The van der Waals surface area contributed by atoms with E-state index < -0.39 is 0 Å². The molecule has 1 aliphatic rings. The monoisotopic (exact) mass is 328 g/mol. The molecule has 0 N–H and O–H groups in total. The summed E-state index contributed by atoms with van der Waals surface area (Å²) < 4.78 is 6.46. The van der Waals surface area contributed by atoms with E-state index in [9.17, 15) is 4.79 Å². The molecule has 2 aromatic carbocycles. The van der Waals surface area contributed by atoms with E-state index in [0.717, 1.165) is 15.6 Å². The van der Waals surface area contributed by atoms with Crippen LogP contribution in [-0.4, -0.2) is 11.9 Å². The Bertz CT molecular complexity index is 649. The summed E-state index contributed by atoms with van der Waals surface area (Å²) in [7, 11) is 0. The summed E-state index contributed by atoms with van der Waals surface area (Å²) in [5.41, 5.74) is 2.05. The van der Waals surface area contributed by atoms with Gasteiger partial charge in [-0.05, 0) is 29.3 Å². The topological polar surface area (TPSA) is 29.6 Å². The van der Waals surface area contributed by atoms with Gasteiger partial charge in [-0.2, -0.15) is 0 Å². The summed E-state index contributed by atoms with van der Waals surface area (Å²) in [5, 5.41) is 0. The fourth-order valence-electron chi connectivity index (χ4n) is 2.11. The number of benzene rings is 2. The minimum Gasteiger partial charge on any atom is -0.356 e. The van der Waals surface area contributed by atoms with Crippen LogP contribution < -0.4 is 0 Å². The summed E-state index contributed by atoms with van der Waals surface area (Å²) in [6, 6.07) is 17.6. The van der Waals surface area contributed by atoms with Gasteiger partial charge in [0.1, 0.15) is 6.10 Å². The maximum atomic E-state index is 12.0. The minimum atomic E-state index is -0.333. The molecule has 100 valence electrons. The molecule has 0 saturated carbocycles. The SMILES string of the molecule is O=C(C=Cc1cccc(Br)c1)C1OC1c1ccccc1. The third-order valence-electron chi connectivity index (χ3n) is 3.19. The molecule has 0 amide bonds. The van der Waals surface area contributed by atoms with E-state index >= 15 is 0 Å². The van der Waals surface area contributed by atoms with Crippen LogP contribution >= 0.6 is 15.9 Å². The molecule has 2 aromatic rings. The molecule has 0 aromatic heterocycles. The first-order valence-electron chi connectivity index (χ1n) is 6.42. The van der Waals surface area contributed by atoms with Crippen LogP contribution in [0.4, 0.5) is 0 Å². The van der Waals surface area contributed by atoms with E-state index in [1.54, 1.807) is 6.08 Å². The molecular formula is C17H13BrO2. The Morgan fingerprint density at radius 2 is 1.90 bits per heavy atom. The lowest BCUT2D eigenvalue weighted by Gasteiger charge is -1.94. The van der Waals surface area contributed by atoms with Crippen LogP contribution in [0.15, 0.2) is 65.1 Å². The molecule has 0 bridgehead atoms. The van der Waals surface area contributed by atoms with Crippen LogP contribution in [0.25, 0.3) is 6.08 Å². The van der Waals surface area contributed by atoms with Crippen LogP contribution in [0.3, 0.4) is 0 Å². The van der Waals surface area contributed by atoms with Gasteiger partial charge in [-0.3, -0.25) is 4.79 Å². The van der Waals surface area contributed by atoms with Crippen molar-refractivity contribution in [1.82, 2.24) is 0 Å². The number of hydrogen-bond acceptors (Lipinski definition) is 2. The predicted molar refractivity (Wildman–Crippen MR) is 82.2 cm³/mol. The van der Waals surface area contributed by atoms with Gasteiger partial charge in [0.05, 0.1) is 0 Å². The van der Waals surface area contributed by atoms with Crippen molar-refractivity contribution in [1.29, 1.82) is 0 Å². The Morgan fingerprint density at radius 1 is 1.10 bits per heavy atom. The molecule has 1 aliphatic heterocycles. The van der Waals surface area contributed by atoms with Crippen molar-refractivity contribution in [2.45, 2.75) is 12.2 Å². The second kappa shape index (κ2) is 5.73. The zero-order chi connectivity index (χ0) is 13.9. The summed E-state index contributed by atoms with van der Waals surface area (Å²) >= 11 is 3.41. The Morgan fingerprint density at radius 3 is 2.65 bits per heavy atom. The molecule has 0 spiro atoms. The number of rotatable bonds is 4. The van der Waals surface area contributed by atoms with E-state index in [-0.39, 0.29) is 18.0 Å². The molecule has 0 radical (unpaired) electrons. The van der Waals surface area contributed by atoms with Crippen LogP contribution in [0.5, 0.6) is 0 Å². The van der Waals surface area contributed by atoms with Crippen molar-refractivity contribution in [2.75, 3.05) is 0 Å². The zero-order valence-corrected chi connectivity index (χ0v) is 12.3. The molecule has 2 nitrogen and oxygen atoms in total. The van der Waals surface area contributed by atoms with Gasteiger partial charge in [0.15, 0.2) is 11.9 Å². The van der Waals surface area contributed by atoms with E-state index in [2.05, 4.69) is 15.9 Å². The van der Waals surface area contributed by atoms with Crippen molar-refractivity contribution in [3.8, 4) is 0 Å². The van der Waals surface area contributed by atoms with E-state index in [1.807, 2.05) is 60.7 Å². The molecule has 3 heteroatoms. The molecule has 1 heterocycles. The second-order valence-corrected chi connectivity index (χ2v) is 5.59. The van der Waals surface area contributed by atoms with Gasteiger partial charge < -0.3 is 4.74 Å². The number of halogens is 1. The number of hydrogen-bond donors (Lipinski definition) is 0. The van der Waals surface area contributed by atoms with Crippen LogP contribution in [0.1, 0.15) is 17.2 Å². The van der Waals surface area contributed by atoms with Gasteiger partial charge in [-0.25, -0.2) is 0 Å². The third-order valence-corrected chi connectivity index (χ3v) is 3.68. The van der Waals surface area contributed by atoms with Crippen molar-refractivity contribution in [3.63, 3.8) is 0 Å². The highest BCUT2D eigenvalue weighted by Gasteiger charge is 2.44. The summed E-state index contributed by atoms with van der Waals surface area (Å²) in [6.45, 7) is 0. The predicted octanol–water partition coefficient (Wildman–Crippen LogP) is 4.17. The first-order chi connectivity index (χ1) is 9.74. The molecule has 3 rings (SSSR count). The fourth-order valence-corrected chi connectivity index (χ4v) is 2.53. The van der Waals surface area contributed by atoms with Gasteiger partial charge >= 0.3 is 0 Å². The molecule has 2 unspecified atom stereocenters. The molecule has 20 heavy (non-hydrogen) atoms. The fraction of sp³-hybridized carbons (Fsp3) is 0.118. The van der Waals surface area contributed by atoms with Gasteiger partial charge in [-0.1, -0.05) is 64.5 Å². The largest absolute Gasteiger partial charge is 0.356 e. The number of epoxide rings is 1. The van der Waals surface area contributed by atoms with Gasteiger partial charge in [0.25, 0.3) is 0 Å². The lowest BCUT2D eigenvalue weighted by Crippen LogP contribution is -2.03. The Kier molecular flexibility index (Phi) is 3.81. The highest BCUT2D eigenvalue weighted by atomic mass is 79.9. The van der Waals surface area contributed by atoms with Gasteiger partial charge in [-0.15, -0.1) is 0 Å². The van der Waals surface area contributed by atoms with Crippen molar-refractivity contribution in [2.24, 2.45) is 0 Å². The van der Waals surface area contributed by atoms with Crippen LogP contribution in [0.2, 0.25) is 0 Å². The van der Waals surface area contributed by atoms with E-state index in [1.165, 1.54) is 0 Å². The molecule has 0 aliphatic carbocycles. The average molecular weight is 329 g/mol. The summed E-state index contributed by atoms with van der Waals surface area (Å²) in [6.07, 6.45) is 2.99. The smallest absolute Gasteiger partial charge is 0.187 e. The minimum absolute atomic E-state index is 0.0128. The Balaban J connectivity index is 1.64. The highest BCUT2D eigenvalue weighted by molar-refractivity contribution is 9.10. The first kappa shape index (κ1) is 13.3. The Hall–Kier alpha value is -1.71. The quantitative estimate of drug-likeness (QED) is 0.622. The number of ether oxygens (including phenoxy) is 1. The molecule has 1 fully saturated rings. The van der Waals surface area contributed by atoms with Gasteiger partial charge in [0, 0.05) is 4.47 Å². The number of ketones is 1. The van der Waals surface area contributed by atoms with E-state index in [0.29, 0.717) is 0 Å². The van der Waals surface area contributed by atoms with Crippen molar-refractivity contribution >= 4 is 27.8 Å². The lowest BCUT2D eigenvalue weighted by atomic mass is 10.1. The molecule has 2 atom stereocenters. The number of carbonyl (C=O) groups is 1. The van der Waals surface area contributed by atoms with Crippen LogP contribution in [-0.2, 0) is 9.53 Å². The average Bonchev–Trinajstić information content (AvgIpc) is 3.26. The lowest BCUT2D eigenvalue weighted by molar-refractivity contribution is -0.115. The van der Waals surface area contributed by atoms with E-state index in [4.69, 9.17) is 4.74 Å². The molecule has 1 saturated heterocycles. The third kappa shape index (κ3) is 3.06. The number of carbonyl (C=O) groups excluding carboxylic acids is 1. The maximum Gasteiger partial charge on any atom is 0.187 e. The first-order valence-corrected chi connectivity index (χ1v) is 7.21. The summed E-state index contributed by atoms with van der Waals surface area (Å²) in [4.78, 5) is 12.0. The zero-order valence-electron chi connectivity index (χ0n) is 10.7. The normalized spacial score (nSPS) is 21.1. The van der Waals surface area contributed by atoms with Crippen molar-refractivity contribution in [3.05, 3.63) is 76.3 Å². The van der Waals surface area contributed by atoms with Crippen molar-refractivity contribution < 1.29 is 9.53 Å². The van der Waals surface area contributed by atoms with Crippen LogP contribution in [0, 0.1) is 0 Å².